The lowest BCUT2D eigenvalue weighted by Crippen LogP contribution is -2.75. The number of aliphatic hydroxyl groups is 6. The Labute approximate surface area is 612 Å². The maximum absolute atomic E-state index is 14.3. The van der Waals surface area contributed by atoms with Crippen LogP contribution in [-0.4, -0.2) is 331 Å². The van der Waals surface area contributed by atoms with E-state index < -0.39 is 251 Å². The van der Waals surface area contributed by atoms with Gasteiger partial charge in [-0.1, -0.05) is 0 Å². The zero-order valence-electron chi connectivity index (χ0n) is 58.7. The highest BCUT2D eigenvalue weighted by molar-refractivity contribution is 5.99. The Bertz CT molecular complexity index is 3070. The number of amides is 15. The first-order valence-electron chi connectivity index (χ1n) is 35.0. The van der Waals surface area contributed by atoms with Gasteiger partial charge in [0.05, 0.1) is 76.4 Å². The maximum atomic E-state index is 14.3. The van der Waals surface area contributed by atoms with E-state index >= 15 is 0 Å². The SMILES string of the molecule is NCCCC[C@H](NC(=O)[C@@H](CO)NC(=O)[C@@H]1CCNC2C(NC(=O)CCC(=O)O)CC3CC(O)C(O)CC3N21)C(=O)NCC(=O)N[C@@H](CCCN(O)C=O)C(=O)N[C@H](CO)C(=O)N[C@@H](CO)C(=O)NCC(=O)N[C@H]1CCCCNC(=O)[C@H](CO)NC(=O)[C@H](CCC(=O)O)NC(=O)[C@@H](CCCN(O)C=O)NC1=O. The number of fused-ring (bicyclic) bond motifs is 3. The molecule has 1 aliphatic carbocycles. The molecule has 107 heavy (non-hydrogen) atoms. The Morgan fingerprint density at radius 3 is 1.68 bits per heavy atom. The summed E-state index contributed by atoms with van der Waals surface area (Å²) in [7, 11) is 0. The monoisotopic (exact) mass is 1530 g/mol. The number of hydrogen-bond acceptors (Lipinski definition) is 28. The third-order valence-corrected chi connectivity index (χ3v) is 18.1. The van der Waals surface area contributed by atoms with Crippen LogP contribution in [0.1, 0.15) is 116 Å². The maximum Gasteiger partial charge on any atom is 0.303 e. The highest BCUT2D eigenvalue weighted by Gasteiger charge is 2.53. The van der Waals surface area contributed by atoms with Gasteiger partial charge < -0.3 is 116 Å². The number of nitrogens with one attached hydrogen (secondary N) is 14. The Morgan fingerprint density at radius 2 is 1.07 bits per heavy atom. The van der Waals surface area contributed by atoms with E-state index in [1.807, 2.05) is 0 Å². The molecule has 1 saturated carbocycles. The van der Waals surface area contributed by atoms with Crippen molar-refractivity contribution in [2.75, 3.05) is 72.2 Å². The standard InChI is InChI=1S/C62H102N18O27/c63-16-3-1-7-33(71-60(103)42(29-84)77-62(105)43-15-18-64-52-38(70-47(89)12-14-51(94)95)21-32-22-45(87)46(88)23-44(32)80(43)52)53(96)66-24-48(90)69-35(9-5-19-78(106)30-85)57(100)76-41(28-83)61(104)75-40(27-82)55(98)67-25-49(91)68-34-8-2-4-17-65-54(97)39(26-81)74-59(102)37(11-13-50(92)93)73-58(101)36(72-56(34)99)10-6-20-79(107)31-86/h30-46,52,64,81-84,87-88,106-107H,1-29,63H2,(H,65,97)(H,66,96)(H,67,98)(H,68,91)(H,69,90)(H,70,89)(H,71,103)(H,72,99)(H,73,101)(H,74,102)(H,75,104)(H,76,100)(H,77,105)(H,92,93)(H,94,95)/t32?,33-,34-,35-,36+,37-,38?,39-,40-,41+,42+,43-,44?,45?,46?,52?/m0/s1. The largest absolute Gasteiger partial charge is 0.481 e. The third-order valence-electron chi connectivity index (χ3n) is 18.1. The number of piperidine rings is 1. The van der Waals surface area contributed by atoms with Crippen molar-refractivity contribution in [2.45, 2.75) is 206 Å². The summed E-state index contributed by atoms with van der Waals surface area (Å²) in [6.07, 6.45) is -5.22. The molecule has 6 unspecified atom stereocenters. The number of carboxylic acid groups (broad SMARTS) is 2. The zero-order valence-corrected chi connectivity index (χ0v) is 58.7. The number of hydrogen-bond donors (Lipinski definition) is 25. The summed E-state index contributed by atoms with van der Waals surface area (Å²) < 4.78 is 0. The molecule has 4 aliphatic rings. The summed E-state index contributed by atoms with van der Waals surface area (Å²) in [4.78, 5) is 223. The lowest BCUT2D eigenvalue weighted by Gasteiger charge is -2.57. The minimum Gasteiger partial charge on any atom is -0.481 e. The van der Waals surface area contributed by atoms with E-state index in [2.05, 4.69) is 74.4 Å². The van der Waals surface area contributed by atoms with Crippen molar-refractivity contribution in [3.63, 3.8) is 0 Å². The summed E-state index contributed by atoms with van der Waals surface area (Å²) in [5.41, 5.74) is 5.70. The van der Waals surface area contributed by atoms with Crippen LogP contribution in [0.2, 0.25) is 0 Å². The minimum absolute atomic E-state index is 0.0224. The van der Waals surface area contributed by atoms with Crippen molar-refractivity contribution in [1.82, 2.24) is 89.5 Å². The van der Waals surface area contributed by atoms with Gasteiger partial charge in [0.1, 0.15) is 54.4 Å². The normalized spacial score (nSPS) is 24.2. The molecule has 3 saturated heterocycles. The predicted octanol–water partition coefficient (Wildman–Crippen LogP) is -12.7. The first-order valence-corrected chi connectivity index (χ1v) is 35.0. The van der Waals surface area contributed by atoms with Crippen molar-refractivity contribution in [2.24, 2.45) is 11.7 Å². The molecule has 45 heteroatoms. The molecule has 0 bridgehead atoms. The molecule has 3 heterocycles. The van der Waals surface area contributed by atoms with Gasteiger partial charge in [-0.2, -0.15) is 0 Å². The summed E-state index contributed by atoms with van der Waals surface area (Å²) >= 11 is 0. The molecule has 0 aromatic heterocycles. The first-order chi connectivity index (χ1) is 50.9. The first kappa shape index (κ1) is 89.9. The van der Waals surface area contributed by atoms with Crippen LogP contribution < -0.4 is 80.2 Å². The van der Waals surface area contributed by atoms with E-state index in [9.17, 15) is 128 Å². The van der Waals surface area contributed by atoms with E-state index in [1.165, 1.54) is 0 Å². The molecule has 26 N–H and O–H groups in total. The van der Waals surface area contributed by atoms with Gasteiger partial charge in [-0.25, -0.2) is 10.1 Å². The van der Waals surface area contributed by atoms with Gasteiger partial charge in [0.2, 0.25) is 89.6 Å². The second kappa shape index (κ2) is 46.6. The van der Waals surface area contributed by atoms with Gasteiger partial charge in [-0.05, 0) is 115 Å². The second-order valence-corrected chi connectivity index (χ2v) is 26.0. The highest BCUT2D eigenvalue weighted by atomic mass is 16.5. The fourth-order valence-electron chi connectivity index (χ4n) is 12.5. The lowest BCUT2D eigenvalue weighted by molar-refractivity contribution is -0.151. The third kappa shape index (κ3) is 30.0. The van der Waals surface area contributed by atoms with Crippen LogP contribution in [-0.2, 0) is 81.5 Å². The number of aliphatic carboxylic acids is 2. The second-order valence-electron chi connectivity index (χ2n) is 26.0. The number of carboxylic acids is 2. The van der Waals surface area contributed by atoms with E-state index in [-0.39, 0.29) is 132 Å². The van der Waals surface area contributed by atoms with Crippen LogP contribution >= 0.6 is 0 Å². The van der Waals surface area contributed by atoms with Gasteiger partial charge in [-0.3, -0.25) is 102 Å². The predicted molar refractivity (Wildman–Crippen MR) is 360 cm³/mol. The fourth-order valence-corrected chi connectivity index (χ4v) is 12.5. The van der Waals surface area contributed by atoms with E-state index in [1.54, 1.807) is 4.90 Å². The van der Waals surface area contributed by atoms with Gasteiger partial charge in [0.25, 0.3) is 0 Å². The number of rotatable bonds is 41. The Morgan fingerprint density at radius 1 is 0.542 bits per heavy atom. The number of carbonyl (C=O) groups excluding carboxylic acids is 15. The van der Waals surface area contributed by atoms with E-state index in [0.29, 0.717) is 12.8 Å². The molecule has 0 spiro atoms. The molecule has 0 radical (unpaired) electrons. The molecular weight excluding hydrogens is 1430 g/mol. The highest BCUT2D eigenvalue weighted by Crippen LogP contribution is 2.40. The van der Waals surface area contributed by atoms with Gasteiger partial charge in [-0.15, -0.1) is 0 Å². The average Bonchev–Trinajstić information content (AvgIpc) is 0.748. The van der Waals surface area contributed by atoms with Crippen molar-refractivity contribution in [1.29, 1.82) is 0 Å². The molecule has 4 fully saturated rings. The van der Waals surface area contributed by atoms with Crippen LogP contribution in [0.25, 0.3) is 0 Å². The average molecular weight is 1530 g/mol. The number of unbranched alkanes of at least 4 members (excludes halogenated alkanes) is 1. The van der Waals surface area contributed by atoms with Crippen LogP contribution in [0.15, 0.2) is 0 Å². The Kier molecular flexibility index (Phi) is 39.2. The van der Waals surface area contributed by atoms with Gasteiger partial charge in [0.15, 0.2) is 0 Å². The molecule has 602 valence electrons. The summed E-state index contributed by atoms with van der Waals surface area (Å²) in [6, 6.07) is -17.4. The quantitative estimate of drug-likeness (QED) is 0.0117. The van der Waals surface area contributed by atoms with Crippen molar-refractivity contribution in [3.8, 4) is 0 Å². The fraction of sp³-hybridized carbons (Fsp3) is 0.726. The summed E-state index contributed by atoms with van der Waals surface area (Å²) in [5.74, 6) is -16.4. The molecule has 0 aromatic carbocycles. The van der Waals surface area contributed by atoms with Crippen molar-refractivity contribution >= 4 is 102 Å². The smallest absolute Gasteiger partial charge is 0.303 e. The van der Waals surface area contributed by atoms with Crippen LogP contribution in [0.4, 0.5) is 0 Å². The molecule has 0 aromatic rings. The summed E-state index contributed by atoms with van der Waals surface area (Å²) in [6.45, 7) is -6.74. The molecule has 16 atom stereocenters. The van der Waals surface area contributed by atoms with E-state index in [4.69, 9.17) is 10.8 Å². The molecule has 45 nitrogen and oxygen atoms in total. The number of aliphatic hydroxyl groups excluding tert-OH is 6. The van der Waals surface area contributed by atoms with Gasteiger partial charge >= 0.3 is 11.9 Å². The van der Waals surface area contributed by atoms with Crippen molar-refractivity contribution < 1.29 is 133 Å². The molecule has 3 aliphatic heterocycles. The number of hydroxylamine groups is 4. The minimum atomic E-state index is -1.97. The van der Waals surface area contributed by atoms with Crippen LogP contribution in [0.5, 0.6) is 0 Å². The number of carbonyl (C=O) groups is 17. The topological polar surface area (TPSA) is 697 Å². The number of nitrogens with two attached hydrogens (primary N) is 1. The number of nitrogens with zero attached hydrogens (tertiary/aromatic N) is 3. The molecule has 4 rings (SSSR count). The van der Waals surface area contributed by atoms with Crippen LogP contribution in [0, 0.1) is 5.92 Å². The molecule has 15 amide bonds. The Balaban J connectivity index is 1.42. The van der Waals surface area contributed by atoms with Gasteiger partial charge in [0, 0.05) is 38.5 Å². The Hall–Kier alpha value is -9.45. The van der Waals surface area contributed by atoms with E-state index in [0.717, 1.165) is 0 Å². The summed E-state index contributed by atoms with van der Waals surface area (Å²) in [5, 5.41) is 135. The van der Waals surface area contributed by atoms with Crippen molar-refractivity contribution in [3.05, 3.63) is 0 Å². The molecular formula is C62H102N18O27. The van der Waals surface area contributed by atoms with Crippen LogP contribution in [0.3, 0.4) is 0 Å². The zero-order chi connectivity index (χ0) is 79.4. The lowest BCUT2D eigenvalue weighted by atomic mass is 9.72.